The largest absolute Gasteiger partial charge is 0.480 e. The predicted molar refractivity (Wildman–Crippen MR) is 55.0 cm³/mol. The first kappa shape index (κ1) is 9.34. The van der Waals surface area contributed by atoms with Crippen LogP contribution in [0.5, 0.6) is 0 Å². The summed E-state index contributed by atoms with van der Waals surface area (Å²) in [5.41, 5.74) is 1.97. The fourth-order valence-corrected chi connectivity index (χ4v) is 1.97. The average Bonchev–Trinajstić information content (AvgIpc) is 2.44. The van der Waals surface area contributed by atoms with E-state index in [2.05, 4.69) is 0 Å². The number of hydrogen-bond donors (Lipinski definition) is 1. The summed E-state index contributed by atoms with van der Waals surface area (Å²) >= 11 is 5.84. The van der Waals surface area contributed by atoms with E-state index in [1.54, 1.807) is 24.1 Å². The molecule has 0 spiro atoms. The number of nitrogens with zero attached hydrogens (tertiary/aromatic N) is 1. The number of rotatable bonds is 1. The number of carboxylic acids is 1. The molecule has 1 heterocycles. The first-order valence-electron chi connectivity index (χ1n) is 4.33. The van der Waals surface area contributed by atoms with Gasteiger partial charge in [0.15, 0.2) is 0 Å². The highest BCUT2D eigenvalue weighted by Gasteiger charge is 2.31. The molecule has 3 nitrogen and oxygen atoms in total. The minimum atomic E-state index is -0.792. The van der Waals surface area contributed by atoms with E-state index in [1.807, 2.05) is 6.07 Å². The molecule has 1 N–H and O–H groups in total. The van der Waals surface area contributed by atoms with E-state index >= 15 is 0 Å². The molecule has 0 saturated heterocycles. The van der Waals surface area contributed by atoms with Crippen LogP contribution in [0.2, 0.25) is 5.02 Å². The van der Waals surface area contributed by atoms with Gasteiger partial charge in [-0.2, -0.15) is 0 Å². The second kappa shape index (κ2) is 3.17. The van der Waals surface area contributed by atoms with E-state index in [0.29, 0.717) is 11.4 Å². The van der Waals surface area contributed by atoms with Crippen LogP contribution in [0.15, 0.2) is 18.2 Å². The first-order valence-corrected chi connectivity index (χ1v) is 4.71. The van der Waals surface area contributed by atoms with Crippen LogP contribution in [0.1, 0.15) is 5.56 Å². The molecule has 2 rings (SSSR count). The van der Waals surface area contributed by atoms with Crippen molar-refractivity contribution in [2.75, 3.05) is 11.9 Å². The summed E-state index contributed by atoms with van der Waals surface area (Å²) in [6.07, 6.45) is 0.554. The van der Waals surface area contributed by atoms with Crippen LogP contribution in [-0.4, -0.2) is 24.2 Å². The van der Waals surface area contributed by atoms with Gasteiger partial charge in [-0.1, -0.05) is 17.7 Å². The van der Waals surface area contributed by atoms with Gasteiger partial charge in [-0.25, -0.2) is 4.79 Å². The molecule has 0 aliphatic carbocycles. The third kappa shape index (κ3) is 1.34. The van der Waals surface area contributed by atoms with Gasteiger partial charge >= 0.3 is 5.97 Å². The zero-order chi connectivity index (χ0) is 10.3. The monoisotopic (exact) mass is 211 g/mol. The maximum Gasteiger partial charge on any atom is 0.326 e. The Morgan fingerprint density at radius 2 is 2.36 bits per heavy atom. The van der Waals surface area contributed by atoms with E-state index in [9.17, 15) is 4.79 Å². The van der Waals surface area contributed by atoms with Gasteiger partial charge in [-0.15, -0.1) is 0 Å². The van der Waals surface area contributed by atoms with Crippen LogP contribution in [0.3, 0.4) is 0 Å². The Hall–Kier alpha value is -1.22. The standard InChI is InChI=1S/C10H10ClNO2/c1-12-8-5-7(11)3-2-6(8)4-9(12)10(13)14/h2-3,5,9H,4H2,1H3,(H,13,14). The molecule has 1 aliphatic heterocycles. The van der Waals surface area contributed by atoms with E-state index in [0.717, 1.165) is 11.3 Å². The normalized spacial score (nSPS) is 19.6. The lowest BCUT2D eigenvalue weighted by atomic mass is 10.1. The fraction of sp³-hybridized carbons (Fsp3) is 0.300. The van der Waals surface area contributed by atoms with Crippen molar-refractivity contribution in [1.29, 1.82) is 0 Å². The van der Waals surface area contributed by atoms with Gasteiger partial charge in [0.05, 0.1) is 0 Å². The SMILES string of the molecule is CN1c2cc(Cl)ccc2CC1C(=O)O. The van der Waals surface area contributed by atoms with Crippen molar-refractivity contribution in [3.05, 3.63) is 28.8 Å². The van der Waals surface area contributed by atoms with Gasteiger partial charge < -0.3 is 10.0 Å². The number of carbonyl (C=O) groups is 1. The summed E-state index contributed by atoms with van der Waals surface area (Å²) < 4.78 is 0. The molecule has 0 bridgehead atoms. The molecule has 14 heavy (non-hydrogen) atoms. The molecule has 0 aromatic heterocycles. The summed E-state index contributed by atoms with van der Waals surface area (Å²) in [4.78, 5) is 12.6. The van der Waals surface area contributed by atoms with Gasteiger partial charge in [-0.3, -0.25) is 0 Å². The Bertz CT molecular complexity index is 392. The van der Waals surface area contributed by atoms with E-state index < -0.39 is 12.0 Å². The molecule has 1 aromatic carbocycles. The summed E-state index contributed by atoms with van der Waals surface area (Å²) in [6, 6.07) is 5.03. The number of anilines is 1. The van der Waals surface area contributed by atoms with Gasteiger partial charge in [0, 0.05) is 24.2 Å². The lowest BCUT2D eigenvalue weighted by Gasteiger charge is -2.18. The maximum absolute atomic E-state index is 10.9. The topological polar surface area (TPSA) is 40.5 Å². The molecule has 1 aliphatic rings. The highest BCUT2D eigenvalue weighted by atomic mass is 35.5. The fourth-order valence-electron chi connectivity index (χ4n) is 1.80. The quantitative estimate of drug-likeness (QED) is 0.770. The van der Waals surface area contributed by atoms with Crippen molar-refractivity contribution >= 4 is 23.3 Å². The second-order valence-electron chi connectivity index (χ2n) is 3.44. The predicted octanol–water partition coefficient (Wildman–Crippen LogP) is 1.79. The lowest BCUT2D eigenvalue weighted by Crippen LogP contribution is -2.35. The number of fused-ring (bicyclic) bond motifs is 1. The van der Waals surface area contributed by atoms with Gasteiger partial charge in [0.25, 0.3) is 0 Å². The molecule has 4 heteroatoms. The molecule has 1 unspecified atom stereocenters. The van der Waals surface area contributed by atoms with Crippen molar-refractivity contribution in [2.24, 2.45) is 0 Å². The Balaban J connectivity index is 2.41. The third-order valence-corrected chi connectivity index (χ3v) is 2.83. The van der Waals surface area contributed by atoms with Crippen molar-refractivity contribution in [3.8, 4) is 0 Å². The summed E-state index contributed by atoms with van der Waals surface area (Å²) in [5.74, 6) is -0.792. The van der Waals surface area contributed by atoms with Crippen molar-refractivity contribution in [1.82, 2.24) is 0 Å². The van der Waals surface area contributed by atoms with Crippen LogP contribution < -0.4 is 4.90 Å². The van der Waals surface area contributed by atoms with Crippen LogP contribution in [0.25, 0.3) is 0 Å². The molecule has 1 atom stereocenters. The van der Waals surface area contributed by atoms with E-state index in [1.165, 1.54) is 0 Å². The first-order chi connectivity index (χ1) is 6.59. The second-order valence-corrected chi connectivity index (χ2v) is 3.88. The maximum atomic E-state index is 10.9. The number of likely N-dealkylation sites (N-methyl/N-ethyl adjacent to an activating group) is 1. The van der Waals surface area contributed by atoms with Crippen LogP contribution >= 0.6 is 11.6 Å². The highest BCUT2D eigenvalue weighted by Crippen LogP contribution is 2.32. The molecular weight excluding hydrogens is 202 g/mol. The number of hydrogen-bond acceptors (Lipinski definition) is 2. The van der Waals surface area contributed by atoms with Crippen molar-refractivity contribution < 1.29 is 9.90 Å². The van der Waals surface area contributed by atoms with Crippen LogP contribution in [0.4, 0.5) is 5.69 Å². The smallest absolute Gasteiger partial charge is 0.326 e. The van der Waals surface area contributed by atoms with Gasteiger partial charge in [-0.05, 0) is 17.7 Å². The summed E-state index contributed by atoms with van der Waals surface area (Å²) in [5, 5.41) is 9.59. The molecule has 0 amide bonds. The zero-order valence-electron chi connectivity index (χ0n) is 7.70. The van der Waals surface area contributed by atoms with E-state index in [-0.39, 0.29) is 0 Å². The number of aliphatic carboxylic acids is 1. The third-order valence-electron chi connectivity index (χ3n) is 2.59. The Morgan fingerprint density at radius 1 is 1.64 bits per heavy atom. The molecular formula is C10H10ClNO2. The van der Waals surface area contributed by atoms with Crippen LogP contribution in [-0.2, 0) is 11.2 Å². The number of carboxylic acid groups (broad SMARTS) is 1. The molecule has 0 radical (unpaired) electrons. The highest BCUT2D eigenvalue weighted by molar-refractivity contribution is 6.30. The van der Waals surface area contributed by atoms with Crippen molar-refractivity contribution in [3.63, 3.8) is 0 Å². The molecule has 1 aromatic rings. The molecule has 0 fully saturated rings. The zero-order valence-corrected chi connectivity index (χ0v) is 8.45. The average molecular weight is 212 g/mol. The number of halogens is 1. The van der Waals surface area contributed by atoms with Gasteiger partial charge in [0.2, 0.25) is 0 Å². The molecule has 0 saturated carbocycles. The Labute approximate surface area is 86.9 Å². The Morgan fingerprint density at radius 3 is 3.00 bits per heavy atom. The summed E-state index contributed by atoms with van der Waals surface area (Å²) in [7, 11) is 1.78. The van der Waals surface area contributed by atoms with Crippen molar-refractivity contribution in [2.45, 2.75) is 12.5 Å². The van der Waals surface area contributed by atoms with Gasteiger partial charge in [0.1, 0.15) is 6.04 Å². The minimum absolute atomic E-state index is 0.455. The lowest BCUT2D eigenvalue weighted by molar-refractivity contribution is -0.138. The van der Waals surface area contributed by atoms with Crippen LogP contribution in [0, 0.1) is 0 Å². The minimum Gasteiger partial charge on any atom is -0.480 e. The summed E-state index contributed by atoms with van der Waals surface area (Å²) in [6.45, 7) is 0. The number of benzene rings is 1. The molecule has 74 valence electrons. The Kier molecular flexibility index (Phi) is 2.11. The van der Waals surface area contributed by atoms with E-state index in [4.69, 9.17) is 16.7 Å².